The van der Waals surface area contributed by atoms with Crippen molar-refractivity contribution in [1.82, 2.24) is 10.2 Å². The molecule has 2 aliphatic rings. The first-order valence-electron chi connectivity index (χ1n) is 8.88. The molecule has 1 heterocycles. The molecule has 132 valence electrons. The number of aliphatic hydroxyl groups is 1. The first kappa shape index (κ1) is 18.2. The first-order chi connectivity index (χ1) is 10.7. The maximum Gasteiger partial charge on any atom is 0.227 e. The van der Waals surface area contributed by atoms with Crippen LogP contribution in [0.1, 0.15) is 59.8 Å². The van der Waals surface area contributed by atoms with E-state index < -0.39 is 5.41 Å². The summed E-state index contributed by atoms with van der Waals surface area (Å²) in [6, 6.07) is 0.0497. The van der Waals surface area contributed by atoms with Gasteiger partial charge in [0.15, 0.2) is 0 Å². The zero-order valence-electron chi connectivity index (χ0n) is 15.0. The van der Waals surface area contributed by atoms with Gasteiger partial charge in [-0.25, -0.2) is 0 Å². The number of carbonyl (C=O) groups excluding carboxylic acids is 2. The second-order valence-electron chi connectivity index (χ2n) is 8.61. The number of carbonyl (C=O) groups is 2. The van der Waals surface area contributed by atoms with Gasteiger partial charge < -0.3 is 15.3 Å². The highest BCUT2D eigenvalue weighted by molar-refractivity contribution is 5.84. The second kappa shape index (κ2) is 6.80. The molecule has 0 bridgehead atoms. The summed E-state index contributed by atoms with van der Waals surface area (Å²) in [6.45, 7) is 9.18. The summed E-state index contributed by atoms with van der Waals surface area (Å²) in [7, 11) is 0. The number of amides is 2. The number of hydrogen-bond acceptors (Lipinski definition) is 3. The standard InChI is InChI=1S/C18H32N2O3/c1-17(2,3)16(23)20-10-6-7-13(11-20)15(22)19-14-8-5-9-18(14,4)12-21/h13-14,21H,5-12H2,1-4H3,(H,19,22). The van der Waals surface area contributed by atoms with Gasteiger partial charge in [0.2, 0.25) is 11.8 Å². The molecular formula is C18H32N2O3. The molecule has 2 rings (SSSR count). The topological polar surface area (TPSA) is 69.6 Å². The highest BCUT2D eigenvalue weighted by atomic mass is 16.3. The average Bonchev–Trinajstić information content (AvgIpc) is 2.87. The minimum absolute atomic E-state index is 0.0444. The molecule has 2 N–H and O–H groups in total. The summed E-state index contributed by atoms with van der Waals surface area (Å²) in [5.74, 6) is 0.0395. The van der Waals surface area contributed by atoms with E-state index in [0.717, 1.165) is 38.6 Å². The van der Waals surface area contributed by atoms with Gasteiger partial charge >= 0.3 is 0 Å². The van der Waals surface area contributed by atoms with Crippen molar-refractivity contribution >= 4 is 11.8 Å². The van der Waals surface area contributed by atoms with Gasteiger partial charge in [-0.2, -0.15) is 0 Å². The quantitative estimate of drug-likeness (QED) is 0.833. The third-order valence-electron chi connectivity index (χ3n) is 5.48. The molecule has 23 heavy (non-hydrogen) atoms. The summed E-state index contributed by atoms with van der Waals surface area (Å²) >= 11 is 0. The number of hydrogen-bond donors (Lipinski definition) is 2. The Balaban J connectivity index is 1.96. The van der Waals surface area contributed by atoms with Crippen molar-refractivity contribution in [2.24, 2.45) is 16.7 Å². The summed E-state index contributed by atoms with van der Waals surface area (Å²) in [6.07, 6.45) is 4.64. The smallest absolute Gasteiger partial charge is 0.227 e. The molecule has 1 saturated heterocycles. The fourth-order valence-corrected chi connectivity index (χ4v) is 3.81. The zero-order chi connectivity index (χ0) is 17.3. The Morgan fingerprint density at radius 2 is 1.96 bits per heavy atom. The number of piperidine rings is 1. The van der Waals surface area contributed by atoms with Crippen LogP contribution in [0.2, 0.25) is 0 Å². The number of nitrogens with one attached hydrogen (secondary N) is 1. The number of aliphatic hydroxyl groups excluding tert-OH is 1. The lowest BCUT2D eigenvalue weighted by molar-refractivity contribution is -0.143. The van der Waals surface area contributed by atoms with E-state index >= 15 is 0 Å². The van der Waals surface area contributed by atoms with Crippen molar-refractivity contribution in [1.29, 1.82) is 0 Å². The minimum atomic E-state index is -0.403. The Kier molecular flexibility index (Phi) is 5.39. The van der Waals surface area contributed by atoms with E-state index in [4.69, 9.17) is 0 Å². The van der Waals surface area contributed by atoms with Gasteiger partial charge in [-0.15, -0.1) is 0 Å². The highest BCUT2D eigenvalue weighted by Crippen LogP contribution is 2.37. The lowest BCUT2D eigenvalue weighted by atomic mass is 9.85. The maximum absolute atomic E-state index is 12.6. The minimum Gasteiger partial charge on any atom is -0.396 e. The summed E-state index contributed by atoms with van der Waals surface area (Å²) in [4.78, 5) is 26.9. The van der Waals surface area contributed by atoms with Crippen LogP contribution in [0.15, 0.2) is 0 Å². The molecule has 0 spiro atoms. The predicted molar refractivity (Wildman–Crippen MR) is 89.7 cm³/mol. The maximum atomic E-state index is 12.6. The Bertz CT molecular complexity index is 458. The number of rotatable bonds is 3. The Hall–Kier alpha value is -1.10. The van der Waals surface area contributed by atoms with E-state index in [1.807, 2.05) is 32.6 Å². The predicted octanol–water partition coefficient (Wildman–Crippen LogP) is 1.94. The molecule has 1 saturated carbocycles. The molecule has 5 heteroatoms. The van der Waals surface area contributed by atoms with Crippen molar-refractivity contribution in [3.05, 3.63) is 0 Å². The van der Waals surface area contributed by atoms with Crippen LogP contribution in [0.4, 0.5) is 0 Å². The fourth-order valence-electron chi connectivity index (χ4n) is 3.81. The largest absolute Gasteiger partial charge is 0.396 e. The summed E-state index contributed by atoms with van der Waals surface area (Å²) in [5, 5.41) is 12.8. The second-order valence-corrected chi connectivity index (χ2v) is 8.61. The molecule has 1 aliphatic heterocycles. The molecule has 0 aromatic rings. The van der Waals surface area contributed by atoms with Gasteiger partial charge in [0.25, 0.3) is 0 Å². The third kappa shape index (κ3) is 4.06. The van der Waals surface area contributed by atoms with Crippen molar-refractivity contribution in [2.75, 3.05) is 19.7 Å². The highest BCUT2D eigenvalue weighted by Gasteiger charge is 2.41. The normalized spacial score (nSPS) is 32.0. The summed E-state index contributed by atoms with van der Waals surface area (Å²) < 4.78 is 0. The Morgan fingerprint density at radius 3 is 2.57 bits per heavy atom. The molecule has 0 aromatic heterocycles. The third-order valence-corrected chi connectivity index (χ3v) is 5.48. The van der Waals surface area contributed by atoms with Crippen LogP contribution in [-0.4, -0.2) is 47.6 Å². The van der Waals surface area contributed by atoms with Crippen molar-refractivity contribution in [3.8, 4) is 0 Å². The van der Waals surface area contributed by atoms with Gasteiger partial charge in [-0.3, -0.25) is 9.59 Å². The van der Waals surface area contributed by atoms with Crippen LogP contribution >= 0.6 is 0 Å². The molecule has 2 fully saturated rings. The van der Waals surface area contributed by atoms with E-state index in [-0.39, 0.29) is 35.8 Å². The van der Waals surface area contributed by atoms with Crippen LogP contribution in [0.3, 0.4) is 0 Å². The van der Waals surface area contributed by atoms with Gasteiger partial charge in [0.1, 0.15) is 0 Å². The molecule has 1 aliphatic carbocycles. The number of nitrogens with zero attached hydrogens (tertiary/aromatic N) is 1. The first-order valence-corrected chi connectivity index (χ1v) is 8.88. The van der Waals surface area contributed by atoms with Crippen LogP contribution in [0.25, 0.3) is 0 Å². The summed E-state index contributed by atoms with van der Waals surface area (Å²) in [5.41, 5.74) is -0.607. The van der Waals surface area contributed by atoms with Crippen molar-refractivity contribution in [2.45, 2.75) is 65.8 Å². The fraction of sp³-hybridized carbons (Fsp3) is 0.889. The Morgan fingerprint density at radius 1 is 1.26 bits per heavy atom. The molecule has 0 aromatic carbocycles. The van der Waals surface area contributed by atoms with E-state index in [2.05, 4.69) is 5.32 Å². The number of likely N-dealkylation sites (tertiary alicyclic amines) is 1. The Labute approximate surface area is 139 Å². The van der Waals surface area contributed by atoms with E-state index in [1.165, 1.54) is 0 Å². The lowest BCUT2D eigenvalue weighted by Gasteiger charge is -2.37. The van der Waals surface area contributed by atoms with Crippen molar-refractivity contribution < 1.29 is 14.7 Å². The van der Waals surface area contributed by atoms with E-state index in [0.29, 0.717) is 6.54 Å². The molecule has 5 nitrogen and oxygen atoms in total. The molecule has 0 radical (unpaired) electrons. The molecule has 3 unspecified atom stereocenters. The van der Waals surface area contributed by atoms with Crippen LogP contribution < -0.4 is 5.32 Å². The molecule has 2 amide bonds. The monoisotopic (exact) mass is 324 g/mol. The van der Waals surface area contributed by atoms with Gasteiger partial charge in [0.05, 0.1) is 12.5 Å². The van der Waals surface area contributed by atoms with Crippen LogP contribution in [0.5, 0.6) is 0 Å². The van der Waals surface area contributed by atoms with Gasteiger partial charge in [-0.1, -0.05) is 34.1 Å². The van der Waals surface area contributed by atoms with Gasteiger partial charge in [-0.05, 0) is 25.7 Å². The lowest BCUT2D eigenvalue weighted by Crippen LogP contribution is -2.52. The van der Waals surface area contributed by atoms with E-state index in [9.17, 15) is 14.7 Å². The van der Waals surface area contributed by atoms with Crippen molar-refractivity contribution in [3.63, 3.8) is 0 Å². The van der Waals surface area contributed by atoms with Gasteiger partial charge in [0, 0.05) is 30.0 Å². The average molecular weight is 324 g/mol. The van der Waals surface area contributed by atoms with Crippen LogP contribution in [-0.2, 0) is 9.59 Å². The van der Waals surface area contributed by atoms with Crippen LogP contribution in [0, 0.1) is 16.7 Å². The SMILES string of the molecule is CC(C)(C)C(=O)N1CCCC(C(=O)NC2CCCC2(C)CO)C1. The molecular weight excluding hydrogens is 292 g/mol. The molecule has 3 atom stereocenters. The van der Waals surface area contributed by atoms with E-state index in [1.54, 1.807) is 0 Å². The zero-order valence-corrected chi connectivity index (χ0v) is 15.0.